The molecule has 2 unspecified atom stereocenters. The van der Waals surface area contributed by atoms with Gasteiger partial charge < -0.3 is 20.0 Å². The van der Waals surface area contributed by atoms with Crippen molar-refractivity contribution in [1.82, 2.24) is 20.7 Å². The average Bonchev–Trinajstić information content (AvgIpc) is 3.23. The summed E-state index contributed by atoms with van der Waals surface area (Å²) < 4.78 is 5.50. The zero-order chi connectivity index (χ0) is 22.5. The number of nitrogens with zero attached hydrogens (tertiary/aromatic N) is 2. The molecule has 2 aliphatic heterocycles. The van der Waals surface area contributed by atoms with E-state index < -0.39 is 0 Å². The molecule has 0 saturated carbocycles. The van der Waals surface area contributed by atoms with E-state index in [1.165, 1.54) is 4.90 Å². The standard InChI is InChI=1S/C24H27ClN4O3/c1-2-32-20-9-5-18(6-10-20)21-15-22-24(31)28(13-14-29(22)27-21)16-23(30)26-12-11-17-3-7-19(25)8-4-17/h3-10,13-14,21-22,27H,2,11-12,15-16H2,1H3,(H,26,30). The molecular weight excluding hydrogens is 428 g/mol. The van der Waals surface area contributed by atoms with Crippen molar-refractivity contribution in [3.63, 3.8) is 0 Å². The highest BCUT2D eigenvalue weighted by atomic mass is 35.5. The van der Waals surface area contributed by atoms with Crippen LogP contribution in [0.15, 0.2) is 60.9 Å². The molecule has 0 spiro atoms. The fraction of sp³-hybridized carbons (Fsp3) is 0.333. The summed E-state index contributed by atoms with van der Waals surface area (Å²) in [5.74, 6) is 0.567. The minimum absolute atomic E-state index is 0.00795. The van der Waals surface area contributed by atoms with Crippen molar-refractivity contribution >= 4 is 23.4 Å². The second kappa shape index (κ2) is 10.1. The van der Waals surface area contributed by atoms with Crippen LogP contribution < -0.4 is 15.5 Å². The van der Waals surface area contributed by atoms with Crippen molar-refractivity contribution in [2.75, 3.05) is 19.7 Å². The fourth-order valence-corrected chi connectivity index (χ4v) is 4.08. The number of ether oxygens (including phenoxy) is 1. The highest BCUT2D eigenvalue weighted by Crippen LogP contribution is 2.31. The molecule has 2 aromatic rings. The molecule has 1 fully saturated rings. The van der Waals surface area contributed by atoms with Gasteiger partial charge in [-0.3, -0.25) is 9.59 Å². The number of amides is 2. The number of hydrogen-bond acceptors (Lipinski definition) is 5. The second-order valence-corrected chi connectivity index (χ2v) is 8.27. The maximum atomic E-state index is 13.0. The second-order valence-electron chi connectivity index (χ2n) is 7.83. The maximum Gasteiger partial charge on any atom is 0.251 e. The molecular formula is C24H27ClN4O3. The van der Waals surface area contributed by atoms with Crippen molar-refractivity contribution in [3.8, 4) is 5.75 Å². The van der Waals surface area contributed by atoms with Gasteiger partial charge in [-0.1, -0.05) is 35.9 Å². The summed E-state index contributed by atoms with van der Waals surface area (Å²) in [6.45, 7) is 3.09. The third-order valence-electron chi connectivity index (χ3n) is 5.63. The first-order chi connectivity index (χ1) is 15.5. The number of hydrogen-bond donors (Lipinski definition) is 2. The van der Waals surface area contributed by atoms with Crippen molar-refractivity contribution in [1.29, 1.82) is 0 Å². The van der Waals surface area contributed by atoms with E-state index in [-0.39, 0.29) is 30.4 Å². The molecule has 0 bridgehead atoms. The molecule has 2 heterocycles. The van der Waals surface area contributed by atoms with Crippen LogP contribution in [0.3, 0.4) is 0 Å². The molecule has 1 saturated heterocycles. The smallest absolute Gasteiger partial charge is 0.251 e. The van der Waals surface area contributed by atoms with Crippen LogP contribution in [0.4, 0.5) is 0 Å². The molecule has 2 aliphatic rings. The van der Waals surface area contributed by atoms with Crippen LogP contribution in [-0.2, 0) is 16.0 Å². The van der Waals surface area contributed by atoms with Gasteiger partial charge in [-0.25, -0.2) is 5.43 Å². The summed E-state index contributed by atoms with van der Waals surface area (Å²) in [4.78, 5) is 26.8. The third-order valence-corrected chi connectivity index (χ3v) is 5.88. The van der Waals surface area contributed by atoms with Gasteiger partial charge in [0.25, 0.3) is 5.91 Å². The highest BCUT2D eigenvalue weighted by Gasteiger charge is 2.40. The highest BCUT2D eigenvalue weighted by molar-refractivity contribution is 6.30. The van der Waals surface area contributed by atoms with Gasteiger partial charge in [0.05, 0.1) is 12.6 Å². The molecule has 7 nitrogen and oxygen atoms in total. The van der Waals surface area contributed by atoms with Crippen molar-refractivity contribution < 1.29 is 14.3 Å². The van der Waals surface area contributed by atoms with E-state index in [9.17, 15) is 9.59 Å². The summed E-state index contributed by atoms with van der Waals surface area (Å²) in [7, 11) is 0. The molecule has 4 rings (SSSR count). The lowest BCUT2D eigenvalue weighted by Crippen LogP contribution is -2.50. The number of fused-ring (bicyclic) bond motifs is 1. The molecule has 0 radical (unpaired) electrons. The van der Waals surface area contributed by atoms with Gasteiger partial charge in [0, 0.05) is 24.0 Å². The van der Waals surface area contributed by atoms with Crippen LogP contribution in [-0.4, -0.2) is 47.5 Å². The van der Waals surface area contributed by atoms with Crippen LogP contribution >= 0.6 is 11.6 Å². The largest absolute Gasteiger partial charge is 0.494 e. The maximum absolute atomic E-state index is 13.0. The number of benzene rings is 2. The molecule has 32 heavy (non-hydrogen) atoms. The van der Waals surface area contributed by atoms with E-state index in [1.807, 2.05) is 66.7 Å². The third kappa shape index (κ3) is 5.23. The van der Waals surface area contributed by atoms with Crippen LogP contribution in [0.25, 0.3) is 0 Å². The predicted octanol–water partition coefficient (Wildman–Crippen LogP) is 3.03. The van der Waals surface area contributed by atoms with E-state index in [4.69, 9.17) is 16.3 Å². The Balaban J connectivity index is 1.28. The average molecular weight is 455 g/mol. The Kier molecular flexibility index (Phi) is 6.97. The quantitative estimate of drug-likeness (QED) is 0.641. The molecule has 2 N–H and O–H groups in total. The molecule has 2 amide bonds. The number of carbonyl (C=O) groups excluding carboxylic acids is 2. The van der Waals surface area contributed by atoms with Gasteiger partial charge in [0.1, 0.15) is 18.3 Å². The summed E-state index contributed by atoms with van der Waals surface area (Å²) in [5.41, 5.74) is 5.56. The molecule has 168 valence electrons. The van der Waals surface area contributed by atoms with E-state index in [1.54, 1.807) is 6.20 Å². The lowest BCUT2D eigenvalue weighted by atomic mass is 10.0. The summed E-state index contributed by atoms with van der Waals surface area (Å²) in [5, 5.41) is 5.40. The van der Waals surface area contributed by atoms with E-state index in [0.717, 1.165) is 16.9 Å². The Morgan fingerprint density at radius 3 is 2.62 bits per heavy atom. The SMILES string of the molecule is CCOc1ccc(C2CC3C(=O)N(CC(=O)NCCc4ccc(Cl)cc4)C=CN3N2)cc1. The Hall–Kier alpha value is -3.03. The molecule has 0 aliphatic carbocycles. The van der Waals surface area contributed by atoms with Crippen LogP contribution in [0.1, 0.15) is 30.5 Å². The van der Waals surface area contributed by atoms with Crippen LogP contribution in [0.5, 0.6) is 5.75 Å². The zero-order valence-corrected chi connectivity index (χ0v) is 18.7. The molecule has 2 aromatic carbocycles. The van der Waals surface area contributed by atoms with Crippen molar-refractivity contribution in [2.24, 2.45) is 0 Å². The number of nitrogens with one attached hydrogen (secondary N) is 2. The first kappa shape index (κ1) is 22.2. The normalized spacial score (nSPS) is 19.8. The van der Waals surface area contributed by atoms with Gasteiger partial charge in [-0.2, -0.15) is 0 Å². The van der Waals surface area contributed by atoms with Gasteiger partial charge in [-0.15, -0.1) is 0 Å². The lowest BCUT2D eigenvalue weighted by Gasteiger charge is -2.31. The number of hydrazine groups is 1. The van der Waals surface area contributed by atoms with Gasteiger partial charge in [0.15, 0.2) is 0 Å². The van der Waals surface area contributed by atoms with Crippen molar-refractivity contribution in [3.05, 3.63) is 77.1 Å². The Labute approximate surface area is 192 Å². The molecule has 2 atom stereocenters. The minimum Gasteiger partial charge on any atom is -0.494 e. The Morgan fingerprint density at radius 2 is 1.91 bits per heavy atom. The Bertz CT molecular complexity index is 978. The monoisotopic (exact) mass is 454 g/mol. The van der Waals surface area contributed by atoms with Crippen LogP contribution in [0, 0.1) is 0 Å². The predicted molar refractivity (Wildman–Crippen MR) is 123 cm³/mol. The molecule has 0 aromatic heterocycles. The molecule has 8 heteroatoms. The number of rotatable bonds is 8. The number of carbonyl (C=O) groups is 2. The van der Waals surface area contributed by atoms with Crippen molar-refractivity contribution in [2.45, 2.75) is 31.8 Å². The van der Waals surface area contributed by atoms with Gasteiger partial charge in [-0.05, 0) is 55.2 Å². The van der Waals surface area contributed by atoms with Gasteiger partial charge >= 0.3 is 0 Å². The summed E-state index contributed by atoms with van der Waals surface area (Å²) in [6, 6.07) is 15.1. The van der Waals surface area contributed by atoms with E-state index in [0.29, 0.717) is 31.0 Å². The minimum atomic E-state index is -0.335. The fourth-order valence-electron chi connectivity index (χ4n) is 3.96. The topological polar surface area (TPSA) is 73.9 Å². The van der Waals surface area contributed by atoms with Crippen LogP contribution in [0.2, 0.25) is 5.02 Å². The first-order valence-electron chi connectivity index (χ1n) is 10.8. The summed E-state index contributed by atoms with van der Waals surface area (Å²) in [6.07, 6.45) is 4.81. The van der Waals surface area contributed by atoms with E-state index >= 15 is 0 Å². The summed E-state index contributed by atoms with van der Waals surface area (Å²) >= 11 is 5.89. The zero-order valence-electron chi connectivity index (χ0n) is 18.0. The first-order valence-corrected chi connectivity index (χ1v) is 11.2. The van der Waals surface area contributed by atoms with Gasteiger partial charge in [0.2, 0.25) is 5.91 Å². The number of halogens is 1. The van der Waals surface area contributed by atoms with E-state index in [2.05, 4.69) is 10.7 Å². The Morgan fingerprint density at radius 1 is 1.16 bits per heavy atom. The lowest BCUT2D eigenvalue weighted by molar-refractivity contribution is -0.138.